The summed E-state index contributed by atoms with van der Waals surface area (Å²) >= 11 is 0. The molecule has 1 aromatic rings. The maximum atomic E-state index is 12.5. The molecule has 0 unspecified atom stereocenters. The molecular formula is C18H24N2O4. The topological polar surface area (TPSA) is 67.9 Å². The van der Waals surface area contributed by atoms with E-state index in [4.69, 9.17) is 9.47 Å². The van der Waals surface area contributed by atoms with Crippen LogP contribution < -0.4 is 14.8 Å². The van der Waals surface area contributed by atoms with Gasteiger partial charge in [-0.25, -0.2) is 4.79 Å². The molecule has 24 heavy (non-hydrogen) atoms. The van der Waals surface area contributed by atoms with E-state index < -0.39 is 5.54 Å². The maximum absolute atomic E-state index is 12.5. The molecule has 3 amide bonds. The van der Waals surface area contributed by atoms with Gasteiger partial charge >= 0.3 is 6.03 Å². The fourth-order valence-electron chi connectivity index (χ4n) is 3.30. The fraction of sp³-hybridized carbons (Fsp3) is 0.556. The van der Waals surface area contributed by atoms with Crippen LogP contribution in [0.5, 0.6) is 11.5 Å². The second-order valence-electron chi connectivity index (χ2n) is 6.34. The maximum Gasteiger partial charge on any atom is 0.325 e. The van der Waals surface area contributed by atoms with Crippen LogP contribution in [0.15, 0.2) is 24.3 Å². The summed E-state index contributed by atoms with van der Waals surface area (Å²) in [5.41, 5.74) is -0.644. The first-order valence-corrected chi connectivity index (χ1v) is 8.64. The lowest BCUT2D eigenvalue weighted by molar-refractivity contribution is -0.131. The average molecular weight is 332 g/mol. The molecule has 1 saturated heterocycles. The molecule has 0 aromatic heterocycles. The van der Waals surface area contributed by atoms with Crippen molar-refractivity contribution in [2.45, 2.75) is 44.6 Å². The van der Waals surface area contributed by atoms with E-state index >= 15 is 0 Å². The SMILES string of the molecule is CCCOc1ccc(OCCN2C(=O)NC3(CCCC3)C2=O)cc1. The Kier molecular flexibility index (Phi) is 4.92. The van der Waals surface area contributed by atoms with Crippen LogP contribution in [0.3, 0.4) is 0 Å². The molecule has 0 radical (unpaired) electrons. The predicted molar refractivity (Wildman–Crippen MR) is 89.2 cm³/mol. The van der Waals surface area contributed by atoms with Crippen molar-refractivity contribution in [3.8, 4) is 11.5 Å². The molecule has 1 aliphatic carbocycles. The van der Waals surface area contributed by atoms with Crippen LogP contribution in [0.4, 0.5) is 4.79 Å². The molecular weight excluding hydrogens is 308 g/mol. The van der Waals surface area contributed by atoms with Crippen LogP contribution in [0.1, 0.15) is 39.0 Å². The quantitative estimate of drug-likeness (QED) is 0.780. The zero-order chi connectivity index (χ0) is 17.0. The van der Waals surface area contributed by atoms with Gasteiger partial charge in [0, 0.05) is 0 Å². The minimum Gasteiger partial charge on any atom is -0.494 e. The molecule has 1 heterocycles. The fourth-order valence-corrected chi connectivity index (χ4v) is 3.30. The van der Waals surface area contributed by atoms with Gasteiger partial charge in [0.1, 0.15) is 23.6 Å². The van der Waals surface area contributed by atoms with E-state index in [9.17, 15) is 9.59 Å². The highest BCUT2D eigenvalue weighted by Crippen LogP contribution is 2.34. The second kappa shape index (κ2) is 7.11. The van der Waals surface area contributed by atoms with Gasteiger partial charge < -0.3 is 14.8 Å². The van der Waals surface area contributed by atoms with Crippen molar-refractivity contribution < 1.29 is 19.1 Å². The summed E-state index contributed by atoms with van der Waals surface area (Å²) in [5, 5.41) is 2.87. The first-order valence-electron chi connectivity index (χ1n) is 8.64. The van der Waals surface area contributed by atoms with E-state index in [2.05, 4.69) is 12.2 Å². The van der Waals surface area contributed by atoms with Crippen molar-refractivity contribution in [2.24, 2.45) is 0 Å². The third-order valence-corrected chi connectivity index (χ3v) is 4.58. The number of hydrogen-bond acceptors (Lipinski definition) is 4. The summed E-state index contributed by atoms with van der Waals surface area (Å²) in [6, 6.07) is 7.07. The number of nitrogens with one attached hydrogen (secondary N) is 1. The molecule has 130 valence electrons. The van der Waals surface area contributed by atoms with Gasteiger partial charge in [0.25, 0.3) is 5.91 Å². The van der Waals surface area contributed by atoms with E-state index in [1.54, 1.807) is 0 Å². The Balaban J connectivity index is 1.49. The minimum atomic E-state index is -0.644. The molecule has 1 spiro atoms. The van der Waals surface area contributed by atoms with Crippen molar-refractivity contribution in [1.29, 1.82) is 0 Å². The number of carbonyl (C=O) groups is 2. The van der Waals surface area contributed by atoms with Crippen molar-refractivity contribution in [3.05, 3.63) is 24.3 Å². The van der Waals surface area contributed by atoms with Gasteiger partial charge in [0.2, 0.25) is 0 Å². The molecule has 1 N–H and O–H groups in total. The van der Waals surface area contributed by atoms with Gasteiger partial charge in [-0.15, -0.1) is 0 Å². The van der Waals surface area contributed by atoms with Gasteiger partial charge in [0.05, 0.1) is 13.2 Å². The van der Waals surface area contributed by atoms with Gasteiger partial charge in [0.15, 0.2) is 0 Å². The number of hydrogen-bond donors (Lipinski definition) is 1. The highest BCUT2D eigenvalue weighted by atomic mass is 16.5. The van der Waals surface area contributed by atoms with Gasteiger partial charge in [-0.3, -0.25) is 9.69 Å². The summed E-state index contributed by atoms with van der Waals surface area (Å²) in [7, 11) is 0. The van der Waals surface area contributed by atoms with Gasteiger partial charge in [-0.1, -0.05) is 19.8 Å². The number of benzene rings is 1. The number of nitrogens with zero attached hydrogens (tertiary/aromatic N) is 1. The van der Waals surface area contributed by atoms with Crippen LogP contribution in [0.2, 0.25) is 0 Å². The molecule has 1 saturated carbocycles. The lowest BCUT2D eigenvalue weighted by Gasteiger charge is -2.20. The van der Waals surface area contributed by atoms with Crippen molar-refractivity contribution in [3.63, 3.8) is 0 Å². The molecule has 6 nitrogen and oxygen atoms in total. The number of amides is 3. The number of carbonyl (C=O) groups excluding carboxylic acids is 2. The molecule has 2 aliphatic rings. The number of urea groups is 1. The smallest absolute Gasteiger partial charge is 0.325 e. The number of imide groups is 1. The van der Waals surface area contributed by atoms with E-state index in [-0.39, 0.29) is 25.1 Å². The van der Waals surface area contributed by atoms with E-state index in [0.717, 1.165) is 37.9 Å². The molecule has 3 rings (SSSR count). The molecule has 1 aromatic carbocycles. The minimum absolute atomic E-state index is 0.100. The van der Waals surface area contributed by atoms with E-state index in [0.29, 0.717) is 12.4 Å². The summed E-state index contributed by atoms with van der Waals surface area (Å²) < 4.78 is 11.2. The van der Waals surface area contributed by atoms with Crippen LogP contribution in [-0.2, 0) is 4.79 Å². The van der Waals surface area contributed by atoms with Crippen molar-refractivity contribution in [1.82, 2.24) is 10.2 Å². The first kappa shape index (κ1) is 16.6. The Labute approximate surface area is 142 Å². The zero-order valence-electron chi connectivity index (χ0n) is 14.0. The Morgan fingerprint density at radius 2 is 1.62 bits per heavy atom. The van der Waals surface area contributed by atoms with Crippen molar-refractivity contribution >= 4 is 11.9 Å². The highest BCUT2D eigenvalue weighted by Gasteiger charge is 2.52. The Morgan fingerprint density at radius 3 is 2.21 bits per heavy atom. The van der Waals surface area contributed by atoms with Crippen LogP contribution >= 0.6 is 0 Å². The standard InChI is InChI=1S/C18H24N2O4/c1-2-12-23-14-5-7-15(8-6-14)24-13-11-20-16(21)18(19-17(20)22)9-3-4-10-18/h5-8H,2-4,9-13H2,1H3,(H,19,22). The van der Waals surface area contributed by atoms with Gasteiger partial charge in [-0.2, -0.15) is 0 Å². The lowest BCUT2D eigenvalue weighted by Crippen LogP contribution is -2.44. The molecule has 1 aliphatic heterocycles. The summed E-state index contributed by atoms with van der Waals surface area (Å²) in [6.45, 7) is 3.29. The molecule has 0 bridgehead atoms. The van der Waals surface area contributed by atoms with E-state index in [1.165, 1.54) is 4.90 Å². The zero-order valence-corrected chi connectivity index (χ0v) is 14.0. The summed E-state index contributed by atoms with van der Waals surface area (Å²) in [4.78, 5) is 25.8. The van der Waals surface area contributed by atoms with Crippen molar-refractivity contribution in [2.75, 3.05) is 19.8 Å². The van der Waals surface area contributed by atoms with Crippen LogP contribution in [-0.4, -0.2) is 42.1 Å². The second-order valence-corrected chi connectivity index (χ2v) is 6.34. The summed E-state index contributed by atoms with van der Waals surface area (Å²) in [5.74, 6) is 1.40. The summed E-state index contributed by atoms with van der Waals surface area (Å²) in [6.07, 6.45) is 4.43. The van der Waals surface area contributed by atoms with Crippen LogP contribution in [0, 0.1) is 0 Å². The number of rotatable bonds is 7. The average Bonchev–Trinajstić information content (AvgIpc) is 3.15. The molecule has 6 heteroatoms. The Hall–Kier alpha value is -2.24. The molecule has 2 fully saturated rings. The monoisotopic (exact) mass is 332 g/mol. The normalized spacial score (nSPS) is 19.0. The highest BCUT2D eigenvalue weighted by molar-refractivity contribution is 6.07. The third kappa shape index (κ3) is 3.32. The Morgan fingerprint density at radius 1 is 1.04 bits per heavy atom. The predicted octanol–water partition coefficient (Wildman–Crippen LogP) is 2.72. The first-order chi connectivity index (χ1) is 11.6. The largest absolute Gasteiger partial charge is 0.494 e. The molecule has 0 atom stereocenters. The Bertz CT molecular complexity index is 594. The van der Waals surface area contributed by atoms with Gasteiger partial charge in [-0.05, 0) is 43.5 Å². The van der Waals surface area contributed by atoms with Crippen LogP contribution in [0.25, 0.3) is 0 Å². The van der Waals surface area contributed by atoms with E-state index in [1.807, 2.05) is 24.3 Å². The lowest BCUT2D eigenvalue weighted by atomic mass is 9.98. The number of ether oxygens (including phenoxy) is 2. The third-order valence-electron chi connectivity index (χ3n) is 4.58.